The SMILES string of the molecule is CN(C)[C@H](CNC(=O)[C@@H](Cc1c[nH]c2ccccc12)NC(=O)c1ccccc1Cl)c1ccccc1. The number of hydrogen-bond acceptors (Lipinski definition) is 3. The quantitative estimate of drug-likeness (QED) is 0.322. The molecule has 4 aromatic rings. The number of amides is 2. The Balaban J connectivity index is 1.55. The monoisotopic (exact) mass is 488 g/mol. The lowest BCUT2D eigenvalue weighted by Gasteiger charge is -2.26. The van der Waals surface area contributed by atoms with Crippen LogP contribution in [0.4, 0.5) is 0 Å². The topological polar surface area (TPSA) is 77.2 Å². The first-order valence-electron chi connectivity index (χ1n) is 11.5. The molecule has 6 nitrogen and oxygen atoms in total. The molecule has 0 saturated heterocycles. The number of carbonyl (C=O) groups is 2. The smallest absolute Gasteiger partial charge is 0.253 e. The van der Waals surface area contributed by atoms with Crippen LogP contribution in [0.25, 0.3) is 10.9 Å². The highest BCUT2D eigenvalue weighted by Crippen LogP contribution is 2.21. The zero-order valence-corrected chi connectivity index (χ0v) is 20.5. The summed E-state index contributed by atoms with van der Waals surface area (Å²) in [5.41, 5.74) is 3.37. The number of benzene rings is 3. The highest BCUT2D eigenvalue weighted by atomic mass is 35.5. The van der Waals surface area contributed by atoms with E-state index < -0.39 is 6.04 Å². The number of halogens is 1. The Morgan fingerprint density at radius 1 is 0.943 bits per heavy atom. The Hall–Kier alpha value is -3.61. The first-order chi connectivity index (χ1) is 16.9. The molecular formula is C28H29ClN4O2. The van der Waals surface area contributed by atoms with E-state index >= 15 is 0 Å². The van der Waals surface area contributed by atoms with Crippen LogP contribution in [0.15, 0.2) is 85.1 Å². The van der Waals surface area contributed by atoms with Gasteiger partial charge in [0.15, 0.2) is 0 Å². The van der Waals surface area contributed by atoms with Crippen LogP contribution in [0.1, 0.15) is 27.5 Å². The molecule has 0 fully saturated rings. The number of aromatic nitrogens is 1. The Bertz CT molecular complexity index is 1300. The van der Waals surface area contributed by atoms with Crippen molar-refractivity contribution in [2.45, 2.75) is 18.5 Å². The lowest BCUT2D eigenvalue weighted by molar-refractivity contribution is -0.123. The number of hydrogen-bond donors (Lipinski definition) is 3. The fourth-order valence-electron chi connectivity index (χ4n) is 4.21. The molecule has 2 atom stereocenters. The number of rotatable bonds is 9. The molecule has 7 heteroatoms. The van der Waals surface area contributed by atoms with Gasteiger partial charge in [-0.1, -0.05) is 72.3 Å². The van der Waals surface area contributed by atoms with Gasteiger partial charge in [-0.25, -0.2) is 0 Å². The van der Waals surface area contributed by atoms with Gasteiger partial charge in [0.25, 0.3) is 5.91 Å². The van der Waals surface area contributed by atoms with E-state index in [-0.39, 0.29) is 17.9 Å². The summed E-state index contributed by atoms with van der Waals surface area (Å²) < 4.78 is 0. The summed E-state index contributed by atoms with van der Waals surface area (Å²) in [5.74, 6) is -0.638. The van der Waals surface area contributed by atoms with E-state index in [4.69, 9.17) is 11.6 Å². The molecule has 180 valence electrons. The first kappa shape index (κ1) is 24.5. The van der Waals surface area contributed by atoms with Crippen molar-refractivity contribution in [3.05, 3.63) is 107 Å². The molecule has 4 rings (SSSR count). The highest BCUT2D eigenvalue weighted by Gasteiger charge is 2.25. The van der Waals surface area contributed by atoms with Crippen LogP contribution in [-0.2, 0) is 11.2 Å². The fourth-order valence-corrected chi connectivity index (χ4v) is 4.43. The average molecular weight is 489 g/mol. The molecule has 2 amide bonds. The molecule has 0 bridgehead atoms. The molecule has 3 N–H and O–H groups in total. The zero-order chi connectivity index (χ0) is 24.8. The van der Waals surface area contributed by atoms with Crippen LogP contribution in [0.2, 0.25) is 5.02 Å². The number of carbonyl (C=O) groups excluding carboxylic acids is 2. The lowest BCUT2D eigenvalue weighted by atomic mass is 10.0. The van der Waals surface area contributed by atoms with E-state index in [9.17, 15) is 9.59 Å². The normalized spacial score (nSPS) is 12.9. The van der Waals surface area contributed by atoms with E-state index in [1.807, 2.05) is 74.9 Å². The maximum absolute atomic E-state index is 13.4. The average Bonchev–Trinajstić information content (AvgIpc) is 3.27. The maximum Gasteiger partial charge on any atom is 0.253 e. The van der Waals surface area contributed by atoms with E-state index in [0.29, 0.717) is 23.6 Å². The molecule has 0 spiro atoms. The predicted molar refractivity (Wildman–Crippen MR) is 141 cm³/mol. The predicted octanol–water partition coefficient (Wildman–Crippen LogP) is 4.58. The van der Waals surface area contributed by atoms with Gasteiger partial charge in [-0.3, -0.25) is 9.59 Å². The van der Waals surface area contributed by atoms with Crippen molar-refractivity contribution in [2.24, 2.45) is 0 Å². The van der Waals surface area contributed by atoms with Crippen LogP contribution < -0.4 is 10.6 Å². The van der Waals surface area contributed by atoms with E-state index in [1.54, 1.807) is 24.3 Å². The van der Waals surface area contributed by atoms with Gasteiger partial charge in [0.2, 0.25) is 5.91 Å². The van der Waals surface area contributed by atoms with Gasteiger partial charge >= 0.3 is 0 Å². The van der Waals surface area contributed by atoms with E-state index in [0.717, 1.165) is 22.0 Å². The number of H-pyrrole nitrogens is 1. The molecular weight excluding hydrogens is 460 g/mol. The summed E-state index contributed by atoms with van der Waals surface area (Å²) in [4.78, 5) is 31.8. The Morgan fingerprint density at radius 2 is 1.63 bits per heavy atom. The molecule has 0 saturated carbocycles. The molecule has 1 heterocycles. The Kier molecular flexibility index (Phi) is 7.85. The summed E-state index contributed by atoms with van der Waals surface area (Å²) in [5, 5.41) is 7.32. The van der Waals surface area contributed by atoms with Crippen molar-refractivity contribution >= 4 is 34.3 Å². The number of para-hydroxylation sites is 1. The zero-order valence-electron chi connectivity index (χ0n) is 19.8. The van der Waals surface area contributed by atoms with Gasteiger partial charge in [-0.05, 0) is 43.4 Å². The third kappa shape index (κ3) is 5.91. The second-order valence-electron chi connectivity index (χ2n) is 8.70. The van der Waals surface area contributed by atoms with Crippen LogP contribution in [0.5, 0.6) is 0 Å². The first-order valence-corrected chi connectivity index (χ1v) is 11.9. The van der Waals surface area contributed by atoms with E-state index in [2.05, 4.69) is 20.5 Å². The summed E-state index contributed by atoms with van der Waals surface area (Å²) in [6.07, 6.45) is 2.23. The van der Waals surface area contributed by atoms with Crippen LogP contribution >= 0.6 is 11.6 Å². The minimum Gasteiger partial charge on any atom is -0.361 e. The summed E-state index contributed by atoms with van der Waals surface area (Å²) in [7, 11) is 3.96. The standard InChI is InChI=1S/C28H29ClN4O2/c1-33(2)26(19-10-4-3-5-11-19)18-31-28(35)25(32-27(34)22-13-6-8-14-23(22)29)16-20-17-30-24-15-9-7-12-21(20)24/h3-15,17,25-26,30H,16,18H2,1-2H3,(H,31,35)(H,32,34)/t25-,26-/m1/s1. The van der Waals surface area contributed by atoms with Gasteiger partial charge in [-0.2, -0.15) is 0 Å². The number of nitrogens with one attached hydrogen (secondary N) is 3. The molecule has 1 aromatic heterocycles. The fraction of sp³-hybridized carbons (Fsp3) is 0.214. The highest BCUT2D eigenvalue weighted by molar-refractivity contribution is 6.33. The summed E-state index contributed by atoms with van der Waals surface area (Å²) >= 11 is 6.24. The van der Waals surface area contributed by atoms with Crippen LogP contribution in [0.3, 0.4) is 0 Å². The second kappa shape index (κ2) is 11.2. The molecule has 0 unspecified atom stereocenters. The number of aromatic amines is 1. The number of fused-ring (bicyclic) bond motifs is 1. The third-order valence-corrected chi connectivity index (χ3v) is 6.45. The van der Waals surface area contributed by atoms with E-state index in [1.165, 1.54) is 0 Å². The summed E-state index contributed by atoms with van der Waals surface area (Å²) in [6.45, 7) is 0.405. The van der Waals surface area contributed by atoms with Crippen molar-refractivity contribution in [1.29, 1.82) is 0 Å². The van der Waals surface area contributed by atoms with Crippen LogP contribution in [0, 0.1) is 0 Å². The third-order valence-electron chi connectivity index (χ3n) is 6.12. The Morgan fingerprint density at radius 3 is 2.37 bits per heavy atom. The van der Waals surface area contributed by atoms with Crippen molar-refractivity contribution < 1.29 is 9.59 Å². The van der Waals surface area contributed by atoms with Crippen molar-refractivity contribution in [2.75, 3.05) is 20.6 Å². The van der Waals surface area contributed by atoms with Gasteiger partial charge in [-0.15, -0.1) is 0 Å². The second-order valence-corrected chi connectivity index (χ2v) is 9.11. The largest absolute Gasteiger partial charge is 0.361 e. The summed E-state index contributed by atoms with van der Waals surface area (Å²) in [6, 6.07) is 23.9. The number of nitrogens with zero attached hydrogens (tertiary/aromatic N) is 1. The minimum absolute atomic E-state index is 0.00634. The van der Waals surface area contributed by atoms with Crippen molar-refractivity contribution in [3.8, 4) is 0 Å². The molecule has 0 aliphatic heterocycles. The number of likely N-dealkylation sites (N-methyl/N-ethyl adjacent to an activating group) is 1. The van der Waals surface area contributed by atoms with Crippen molar-refractivity contribution in [3.63, 3.8) is 0 Å². The van der Waals surface area contributed by atoms with Gasteiger partial charge in [0.1, 0.15) is 6.04 Å². The van der Waals surface area contributed by atoms with Crippen molar-refractivity contribution in [1.82, 2.24) is 20.5 Å². The Labute approximate surface area is 210 Å². The van der Waals surface area contributed by atoms with Gasteiger partial charge < -0.3 is 20.5 Å². The maximum atomic E-state index is 13.4. The van der Waals surface area contributed by atoms with Gasteiger partial charge in [0, 0.05) is 30.1 Å². The molecule has 0 aliphatic rings. The molecule has 0 aliphatic carbocycles. The van der Waals surface area contributed by atoms with Crippen LogP contribution in [-0.4, -0.2) is 48.4 Å². The minimum atomic E-state index is -0.781. The van der Waals surface area contributed by atoms with Gasteiger partial charge in [0.05, 0.1) is 16.6 Å². The molecule has 3 aromatic carbocycles. The lowest BCUT2D eigenvalue weighted by Crippen LogP contribution is -2.49. The molecule has 35 heavy (non-hydrogen) atoms. The molecule has 0 radical (unpaired) electrons.